The number of thiophene rings is 1. The molecule has 3 rings (SSSR count). The number of aromatic amines is 1. The Morgan fingerprint density at radius 2 is 1.96 bits per heavy atom. The molecule has 0 radical (unpaired) electrons. The van der Waals surface area contributed by atoms with Gasteiger partial charge >= 0.3 is 0 Å². The van der Waals surface area contributed by atoms with E-state index in [-0.39, 0.29) is 11.4 Å². The lowest BCUT2D eigenvalue weighted by atomic mass is 10.2. The fourth-order valence-corrected chi connectivity index (χ4v) is 2.78. The normalized spacial score (nSPS) is 10.6. The van der Waals surface area contributed by atoms with E-state index in [1.165, 1.54) is 17.4 Å². The summed E-state index contributed by atoms with van der Waals surface area (Å²) in [6, 6.07) is 6.72. The van der Waals surface area contributed by atoms with Crippen LogP contribution < -0.4 is 10.9 Å². The number of hydrogen-bond donors (Lipinski definition) is 3. The third-order valence-corrected chi connectivity index (χ3v) is 4.23. The van der Waals surface area contributed by atoms with Crippen LogP contribution in [-0.4, -0.2) is 21.0 Å². The number of nitrogens with one attached hydrogen (secondary N) is 2. The van der Waals surface area contributed by atoms with E-state index in [1.807, 2.05) is 0 Å². The Balaban J connectivity index is 1.88. The molecule has 1 amide bonds. The van der Waals surface area contributed by atoms with Gasteiger partial charge in [-0.2, -0.15) is 0 Å². The second-order valence-corrected chi connectivity index (χ2v) is 5.92. The van der Waals surface area contributed by atoms with Crippen molar-refractivity contribution < 1.29 is 18.7 Å². The number of benzene rings is 1. The molecule has 0 saturated heterocycles. The predicted octanol–water partition coefficient (Wildman–Crippen LogP) is 2.41. The van der Waals surface area contributed by atoms with Gasteiger partial charge in [0.15, 0.2) is 11.5 Å². The standard InChI is InChI=1S/C16H11F2N3O3S/c17-9-3-1-4-10(18)8(9)7-19-15(23)12-13(22)16(24)21-14(20-12)11-5-2-6-25-11/h1-6,22H,7H2,(H,19,23)(H,20,21,24). The van der Waals surface area contributed by atoms with Crippen molar-refractivity contribution in [3.63, 3.8) is 0 Å². The van der Waals surface area contributed by atoms with Gasteiger partial charge in [0.05, 0.1) is 4.88 Å². The van der Waals surface area contributed by atoms with Crippen LogP contribution in [0.1, 0.15) is 16.1 Å². The van der Waals surface area contributed by atoms with E-state index < -0.39 is 41.1 Å². The molecule has 9 heteroatoms. The lowest BCUT2D eigenvalue weighted by Crippen LogP contribution is -2.27. The molecule has 0 aliphatic carbocycles. The number of amides is 1. The highest BCUT2D eigenvalue weighted by Gasteiger charge is 2.19. The van der Waals surface area contributed by atoms with Crippen molar-refractivity contribution in [2.75, 3.05) is 0 Å². The fourth-order valence-electron chi connectivity index (χ4n) is 2.11. The van der Waals surface area contributed by atoms with Crippen molar-refractivity contribution in [3.05, 3.63) is 69.0 Å². The first-order chi connectivity index (χ1) is 12.0. The van der Waals surface area contributed by atoms with Gasteiger partial charge in [0.25, 0.3) is 11.5 Å². The molecule has 0 aliphatic heterocycles. The van der Waals surface area contributed by atoms with Crippen molar-refractivity contribution in [1.82, 2.24) is 15.3 Å². The molecule has 3 aromatic rings. The Kier molecular flexibility index (Phi) is 4.57. The van der Waals surface area contributed by atoms with Crippen LogP contribution in [0.25, 0.3) is 10.7 Å². The average molecular weight is 363 g/mol. The van der Waals surface area contributed by atoms with Crippen LogP contribution in [0.5, 0.6) is 5.75 Å². The Bertz CT molecular complexity index is 967. The van der Waals surface area contributed by atoms with Gasteiger partial charge in [0.1, 0.15) is 11.6 Å². The first-order valence-corrected chi connectivity index (χ1v) is 7.93. The van der Waals surface area contributed by atoms with Crippen LogP contribution in [0, 0.1) is 11.6 Å². The summed E-state index contributed by atoms with van der Waals surface area (Å²) in [5.74, 6) is -3.32. The zero-order valence-electron chi connectivity index (χ0n) is 12.5. The molecule has 3 N–H and O–H groups in total. The third kappa shape index (κ3) is 3.41. The maximum atomic E-state index is 13.6. The maximum absolute atomic E-state index is 13.6. The van der Waals surface area contributed by atoms with Crippen LogP contribution in [-0.2, 0) is 6.54 Å². The van der Waals surface area contributed by atoms with E-state index >= 15 is 0 Å². The first kappa shape index (κ1) is 16.8. The summed E-state index contributed by atoms with van der Waals surface area (Å²) in [7, 11) is 0. The van der Waals surface area contributed by atoms with E-state index in [2.05, 4.69) is 15.3 Å². The SMILES string of the molecule is O=C(NCc1c(F)cccc1F)c1nc(-c2cccs2)[nH]c(=O)c1O. The Hall–Kier alpha value is -3.07. The highest BCUT2D eigenvalue weighted by atomic mass is 32.1. The van der Waals surface area contributed by atoms with Crippen molar-refractivity contribution >= 4 is 17.2 Å². The molecule has 2 aromatic heterocycles. The fraction of sp³-hybridized carbons (Fsp3) is 0.0625. The molecule has 0 fully saturated rings. The average Bonchev–Trinajstić information content (AvgIpc) is 3.11. The van der Waals surface area contributed by atoms with E-state index in [0.29, 0.717) is 4.88 Å². The van der Waals surface area contributed by atoms with Crippen molar-refractivity contribution in [1.29, 1.82) is 0 Å². The smallest absolute Gasteiger partial charge is 0.294 e. The summed E-state index contributed by atoms with van der Waals surface area (Å²) in [5.41, 5.74) is -1.75. The van der Waals surface area contributed by atoms with Crippen molar-refractivity contribution in [2.24, 2.45) is 0 Å². The van der Waals surface area contributed by atoms with Crippen LogP contribution in [0.15, 0.2) is 40.5 Å². The van der Waals surface area contributed by atoms with Gasteiger partial charge in [-0.05, 0) is 23.6 Å². The molecule has 6 nitrogen and oxygen atoms in total. The minimum Gasteiger partial charge on any atom is -0.501 e. The summed E-state index contributed by atoms with van der Waals surface area (Å²) in [6.45, 7) is -0.459. The minimum atomic E-state index is -0.927. The molecule has 0 unspecified atom stereocenters. The number of nitrogens with zero attached hydrogens (tertiary/aromatic N) is 1. The van der Waals surface area contributed by atoms with Gasteiger partial charge in [0, 0.05) is 12.1 Å². The summed E-state index contributed by atoms with van der Waals surface area (Å²) >= 11 is 1.28. The molecule has 0 bridgehead atoms. The zero-order valence-corrected chi connectivity index (χ0v) is 13.4. The molecule has 0 saturated carbocycles. The lowest BCUT2D eigenvalue weighted by molar-refractivity contribution is 0.0942. The van der Waals surface area contributed by atoms with Gasteiger partial charge in [-0.1, -0.05) is 12.1 Å². The third-order valence-electron chi connectivity index (χ3n) is 3.35. The number of rotatable bonds is 4. The molecule has 0 aliphatic rings. The number of aromatic hydroxyl groups is 1. The summed E-state index contributed by atoms with van der Waals surface area (Å²) in [6.07, 6.45) is 0. The number of carbonyl (C=O) groups is 1. The molecule has 25 heavy (non-hydrogen) atoms. The van der Waals surface area contributed by atoms with Crippen LogP contribution in [0.3, 0.4) is 0 Å². The molecule has 128 valence electrons. The van der Waals surface area contributed by atoms with E-state index in [1.54, 1.807) is 17.5 Å². The van der Waals surface area contributed by atoms with Gasteiger partial charge in [-0.15, -0.1) is 11.3 Å². The number of hydrogen-bond acceptors (Lipinski definition) is 5. The van der Waals surface area contributed by atoms with Gasteiger partial charge in [-0.25, -0.2) is 13.8 Å². The highest BCUT2D eigenvalue weighted by molar-refractivity contribution is 7.13. The second kappa shape index (κ2) is 6.81. The highest BCUT2D eigenvalue weighted by Crippen LogP contribution is 2.22. The van der Waals surface area contributed by atoms with E-state index in [9.17, 15) is 23.5 Å². The van der Waals surface area contributed by atoms with Gasteiger partial charge in [-0.3, -0.25) is 9.59 Å². The summed E-state index contributed by atoms with van der Waals surface area (Å²) in [4.78, 5) is 30.9. The quantitative estimate of drug-likeness (QED) is 0.663. The maximum Gasteiger partial charge on any atom is 0.294 e. The van der Waals surface area contributed by atoms with Crippen molar-refractivity contribution in [3.8, 4) is 16.5 Å². The minimum absolute atomic E-state index is 0.111. The predicted molar refractivity (Wildman–Crippen MR) is 87.4 cm³/mol. The van der Waals surface area contributed by atoms with Gasteiger partial charge < -0.3 is 15.4 Å². The summed E-state index contributed by atoms with van der Waals surface area (Å²) < 4.78 is 27.2. The molecule has 0 atom stereocenters. The number of H-pyrrole nitrogens is 1. The van der Waals surface area contributed by atoms with Crippen molar-refractivity contribution in [2.45, 2.75) is 6.54 Å². The van der Waals surface area contributed by atoms with Gasteiger partial charge in [0.2, 0.25) is 5.75 Å². The Morgan fingerprint density at radius 1 is 1.24 bits per heavy atom. The Labute approximate surface area is 143 Å². The topological polar surface area (TPSA) is 95.1 Å². The lowest BCUT2D eigenvalue weighted by Gasteiger charge is -2.08. The number of carbonyl (C=O) groups excluding carboxylic acids is 1. The van der Waals surface area contributed by atoms with E-state index in [4.69, 9.17) is 0 Å². The van der Waals surface area contributed by atoms with Crippen LogP contribution in [0.2, 0.25) is 0 Å². The number of aromatic nitrogens is 2. The molecule has 1 aromatic carbocycles. The summed E-state index contributed by atoms with van der Waals surface area (Å²) in [5, 5.41) is 13.8. The molecular formula is C16H11F2N3O3S. The largest absolute Gasteiger partial charge is 0.501 e. The monoisotopic (exact) mass is 363 g/mol. The molecule has 2 heterocycles. The van der Waals surface area contributed by atoms with Crippen LogP contribution >= 0.6 is 11.3 Å². The zero-order chi connectivity index (χ0) is 18.0. The molecule has 0 spiro atoms. The van der Waals surface area contributed by atoms with Crippen LogP contribution in [0.4, 0.5) is 8.78 Å². The molecular weight excluding hydrogens is 352 g/mol. The first-order valence-electron chi connectivity index (χ1n) is 7.05. The number of halogens is 2. The Morgan fingerprint density at radius 3 is 2.60 bits per heavy atom. The second-order valence-electron chi connectivity index (χ2n) is 4.97. The van der Waals surface area contributed by atoms with E-state index in [0.717, 1.165) is 12.1 Å².